The summed E-state index contributed by atoms with van der Waals surface area (Å²) in [5.41, 5.74) is 4.07. The van der Waals surface area contributed by atoms with Crippen molar-refractivity contribution in [3.63, 3.8) is 0 Å². The Bertz CT molecular complexity index is 1070. The average Bonchev–Trinajstić information content (AvgIpc) is 2.83. The van der Waals surface area contributed by atoms with Gasteiger partial charge in [-0.25, -0.2) is 4.39 Å². The van der Waals surface area contributed by atoms with Crippen LogP contribution in [0.15, 0.2) is 79.4 Å². The second-order valence-corrected chi connectivity index (χ2v) is 8.91. The van der Waals surface area contributed by atoms with Crippen LogP contribution in [0.1, 0.15) is 55.2 Å². The highest BCUT2D eigenvalue weighted by atomic mass is 19.1. The van der Waals surface area contributed by atoms with Crippen molar-refractivity contribution in [2.24, 2.45) is 5.92 Å². The molecule has 0 bridgehead atoms. The van der Waals surface area contributed by atoms with E-state index in [1.54, 1.807) is 12.1 Å². The molecule has 0 saturated heterocycles. The molecule has 1 nitrogen and oxygen atoms in total. The topological polar surface area (TPSA) is 9.23 Å². The second-order valence-electron chi connectivity index (χ2n) is 8.91. The van der Waals surface area contributed by atoms with E-state index in [2.05, 4.69) is 56.0 Å². The minimum Gasteiger partial charge on any atom is -0.486 e. The molecule has 0 aromatic heterocycles. The van der Waals surface area contributed by atoms with Gasteiger partial charge in [0.05, 0.1) is 0 Å². The molecule has 0 N–H and O–H groups in total. The van der Waals surface area contributed by atoms with E-state index >= 15 is 0 Å². The Hall–Kier alpha value is -2.87. The lowest BCUT2D eigenvalue weighted by Gasteiger charge is -2.27. The van der Waals surface area contributed by atoms with Crippen LogP contribution in [0.4, 0.5) is 4.39 Å². The molecule has 1 aliphatic rings. The molecule has 3 aromatic carbocycles. The fourth-order valence-electron chi connectivity index (χ4n) is 4.90. The predicted octanol–water partition coefficient (Wildman–Crippen LogP) is 8.18. The van der Waals surface area contributed by atoms with E-state index in [9.17, 15) is 4.39 Å². The van der Waals surface area contributed by atoms with Crippen molar-refractivity contribution in [1.29, 1.82) is 0 Å². The van der Waals surface area contributed by atoms with Crippen LogP contribution in [-0.2, 0) is 12.8 Å². The molecule has 0 heterocycles. The molecule has 4 rings (SSSR count). The molecule has 166 valence electrons. The van der Waals surface area contributed by atoms with Gasteiger partial charge in [0.1, 0.15) is 6.61 Å². The van der Waals surface area contributed by atoms with Crippen molar-refractivity contribution in [2.75, 3.05) is 6.61 Å². The van der Waals surface area contributed by atoms with Crippen molar-refractivity contribution in [2.45, 2.75) is 51.4 Å². The first-order chi connectivity index (χ1) is 15.7. The van der Waals surface area contributed by atoms with Crippen molar-refractivity contribution in [1.82, 2.24) is 0 Å². The smallest absolute Gasteiger partial charge is 0.172 e. The third-order valence-electron chi connectivity index (χ3n) is 6.73. The number of hydrogen-bond donors (Lipinski definition) is 0. The lowest BCUT2D eigenvalue weighted by atomic mass is 9.78. The van der Waals surface area contributed by atoms with Gasteiger partial charge < -0.3 is 4.74 Å². The minimum atomic E-state index is -0.300. The van der Waals surface area contributed by atoms with E-state index in [1.165, 1.54) is 42.4 Å². The van der Waals surface area contributed by atoms with Gasteiger partial charge in [0.25, 0.3) is 0 Å². The number of halogens is 1. The van der Waals surface area contributed by atoms with Gasteiger partial charge in [0, 0.05) is 5.39 Å². The quantitative estimate of drug-likeness (QED) is 0.329. The van der Waals surface area contributed by atoms with Gasteiger partial charge in [0.15, 0.2) is 11.6 Å². The molecule has 1 saturated carbocycles. The molecule has 1 fully saturated rings. The van der Waals surface area contributed by atoms with Crippen molar-refractivity contribution >= 4 is 10.8 Å². The van der Waals surface area contributed by atoms with E-state index in [1.807, 2.05) is 18.2 Å². The second kappa shape index (κ2) is 10.6. The average molecular weight is 429 g/mol. The van der Waals surface area contributed by atoms with E-state index in [-0.39, 0.29) is 11.6 Å². The van der Waals surface area contributed by atoms with E-state index in [0.717, 1.165) is 24.1 Å². The summed E-state index contributed by atoms with van der Waals surface area (Å²) in [6.07, 6.45) is 13.3. The van der Waals surface area contributed by atoms with Gasteiger partial charge in [-0.2, -0.15) is 0 Å². The third kappa shape index (κ3) is 5.30. The Balaban J connectivity index is 1.36. The summed E-state index contributed by atoms with van der Waals surface area (Å²) in [5, 5.41) is 1.51. The highest BCUT2D eigenvalue weighted by Gasteiger charge is 2.20. The molecule has 0 aliphatic heterocycles. The Labute approximate surface area is 191 Å². The molecular formula is C30H33FO. The molecule has 2 heteroatoms. The number of rotatable bonds is 8. The van der Waals surface area contributed by atoms with Gasteiger partial charge in [-0.05, 0) is 85.4 Å². The van der Waals surface area contributed by atoms with Crippen LogP contribution in [0.3, 0.4) is 0 Å². The Morgan fingerprint density at radius 2 is 1.66 bits per heavy atom. The third-order valence-corrected chi connectivity index (χ3v) is 6.73. The van der Waals surface area contributed by atoms with Crippen LogP contribution in [0.5, 0.6) is 5.75 Å². The van der Waals surface area contributed by atoms with Crippen molar-refractivity contribution < 1.29 is 9.13 Å². The van der Waals surface area contributed by atoms with Crippen LogP contribution in [0.2, 0.25) is 0 Å². The highest BCUT2D eigenvalue weighted by Crippen LogP contribution is 2.36. The number of fused-ring (bicyclic) bond motifs is 1. The molecule has 0 radical (unpaired) electrons. The molecule has 0 amide bonds. The highest BCUT2D eigenvalue weighted by molar-refractivity contribution is 5.85. The maximum absolute atomic E-state index is 14.7. The summed E-state index contributed by atoms with van der Waals surface area (Å²) >= 11 is 0. The lowest BCUT2D eigenvalue weighted by molar-refractivity contribution is 0.344. The molecule has 0 spiro atoms. The van der Waals surface area contributed by atoms with Gasteiger partial charge in [-0.1, -0.05) is 73.3 Å². The largest absolute Gasteiger partial charge is 0.486 e. The monoisotopic (exact) mass is 428 g/mol. The molecular weight excluding hydrogens is 395 g/mol. The number of aryl methyl sites for hydroxylation is 2. The fourth-order valence-corrected chi connectivity index (χ4v) is 4.90. The maximum atomic E-state index is 14.7. The van der Waals surface area contributed by atoms with Crippen LogP contribution in [-0.4, -0.2) is 6.61 Å². The van der Waals surface area contributed by atoms with Crippen LogP contribution in [0.25, 0.3) is 10.8 Å². The first kappa shape index (κ1) is 22.3. The summed E-state index contributed by atoms with van der Waals surface area (Å²) in [7, 11) is 0. The van der Waals surface area contributed by atoms with Crippen LogP contribution < -0.4 is 4.74 Å². The maximum Gasteiger partial charge on any atom is 0.172 e. The van der Waals surface area contributed by atoms with Gasteiger partial charge in [0.2, 0.25) is 0 Å². The summed E-state index contributed by atoms with van der Waals surface area (Å²) in [6.45, 7) is 6.04. The summed E-state index contributed by atoms with van der Waals surface area (Å²) < 4.78 is 20.1. The zero-order chi connectivity index (χ0) is 22.3. The molecule has 0 atom stereocenters. The fraction of sp³-hybridized carbons (Fsp3) is 0.333. The van der Waals surface area contributed by atoms with Gasteiger partial charge in [-0.15, -0.1) is 0 Å². The number of ether oxygens (including phenoxy) is 1. The molecule has 1 aliphatic carbocycles. The zero-order valence-corrected chi connectivity index (χ0v) is 19.0. The Morgan fingerprint density at radius 3 is 2.38 bits per heavy atom. The van der Waals surface area contributed by atoms with Crippen molar-refractivity contribution in [3.8, 4) is 5.75 Å². The van der Waals surface area contributed by atoms with Crippen molar-refractivity contribution in [3.05, 3.63) is 102 Å². The molecule has 0 unspecified atom stereocenters. The van der Waals surface area contributed by atoms with E-state index < -0.39 is 0 Å². The van der Waals surface area contributed by atoms with Gasteiger partial charge >= 0.3 is 0 Å². The first-order valence-electron chi connectivity index (χ1n) is 11.8. The normalized spacial score (nSPS) is 18.8. The standard InChI is InChI=1S/C30H33FO/c1-3-5-22-8-13-25(14-9-22)26-15-10-23(11-16-26)6-7-24-12-18-28-27(21-24)17-19-29(30(28)31)32-20-4-2/h3-5,10-12,15-19,21-22,25H,2,6-9,13-14,20H2,1H3/b5-3+. The van der Waals surface area contributed by atoms with E-state index in [4.69, 9.17) is 4.74 Å². The SMILES string of the molecule is C=CCOc1ccc2cc(CCc3ccc(C4CCC(/C=C/C)CC4)cc3)ccc2c1F. The van der Waals surface area contributed by atoms with Crippen LogP contribution >= 0.6 is 0 Å². The minimum absolute atomic E-state index is 0.278. The molecule has 32 heavy (non-hydrogen) atoms. The number of allylic oxidation sites excluding steroid dienone is 2. The number of hydrogen-bond acceptors (Lipinski definition) is 1. The summed E-state index contributed by atoms with van der Waals surface area (Å²) in [5.74, 6) is 1.46. The summed E-state index contributed by atoms with van der Waals surface area (Å²) in [4.78, 5) is 0. The Kier molecular flexibility index (Phi) is 7.42. The number of benzene rings is 3. The molecule has 3 aromatic rings. The lowest BCUT2D eigenvalue weighted by Crippen LogP contribution is -2.11. The van der Waals surface area contributed by atoms with Crippen LogP contribution in [0, 0.1) is 11.7 Å². The Morgan fingerprint density at radius 1 is 0.938 bits per heavy atom. The predicted molar refractivity (Wildman–Crippen MR) is 133 cm³/mol. The summed E-state index contributed by atoms with van der Waals surface area (Å²) in [6, 6.07) is 18.9. The zero-order valence-electron chi connectivity index (χ0n) is 19.0. The van der Waals surface area contributed by atoms with Gasteiger partial charge in [-0.3, -0.25) is 0 Å². The van der Waals surface area contributed by atoms with E-state index in [0.29, 0.717) is 17.9 Å². The first-order valence-corrected chi connectivity index (χ1v) is 11.8.